The van der Waals surface area contributed by atoms with Crippen molar-refractivity contribution < 1.29 is 21.6 Å². The molecular formula is C12H23NO5S2. The van der Waals surface area contributed by atoms with Crippen molar-refractivity contribution in [1.82, 2.24) is 4.31 Å². The molecule has 2 heterocycles. The first-order valence-electron chi connectivity index (χ1n) is 7.02. The molecule has 0 radical (unpaired) electrons. The van der Waals surface area contributed by atoms with Crippen molar-refractivity contribution in [1.29, 1.82) is 0 Å². The van der Waals surface area contributed by atoms with Crippen LogP contribution in [0.25, 0.3) is 0 Å². The van der Waals surface area contributed by atoms with Crippen LogP contribution in [0.2, 0.25) is 0 Å². The zero-order chi connectivity index (χ0) is 15.0. The van der Waals surface area contributed by atoms with Crippen LogP contribution in [0.1, 0.15) is 26.7 Å². The normalized spacial score (nSPS) is 35.8. The van der Waals surface area contributed by atoms with E-state index in [1.165, 1.54) is 4.31 Å². The van der Waals surface area contributed by atoms with E-state index in [9.17, 15) is 16.8 Å². The summed E-state index contributed by atoms with van der Waals surface area (Å²) >= 11 is 0. The second kappa shape index (κ2) is 5.90. The Labute approximate surface area is 121 Å². The van der Waals surface area contributed by atoms with E-state index in [0.717, 1.165) is 0 Å². The average molecular weight is 325 g/mol. The van der Waals surface area contributed by atoms with Crippen LogP contribution in [0.5, 0.6) is 0 Å². The summed E-state index contributed by atoms with van der Waals surface area (Å²) in [5.74, 6) is -0.144. The number of sulfone groups is 1. The van der Waals surface area contributed by atoms with Gasteiger partial charge in [-0.05, 0) is 32.6 Å². The summed E-state index contributed by atoms with van der Waals surface area (Å²) in [6.07, 6.45) is 0.999. The smallest absolute Gasteiger partial charge is 0.214 e. The molecule has 0 aromatic carbocycles. The fourth-order valence-corrected chi connectivity index (χ4v) is 6.90. The quantitative estimate of drug-likeness (QED) is 0.743. The minimum Gasteiger partial charge on any atom is -0.373 e. The molecule has 0 spiro atoms. The van der Waals surface area contributed by atoms with Crippen LogP contribution in [0.3, 0.4) is 0 Å². The molecule has 2 saturated heterocycles. The Kier molecular flexibility index (Phi) is 4.78. The molecule has 20 heavy (non-hydrogen) atoms. The van der Waals surface area contributed by atoms with Crippen LogP contribution in [0.15, 0.2) is 0 Å². The molecule has 2 rings (SSSR count). The predicted molar refractivity (Wildman–Crippen MR) is 76.7 cm³/mol. The molecule has 3 atom stereocenters. The van der Waals surface area contributed by atoms with Crippen LogP contribution in [0.4, 0.5) is 0 Å². The molecule has 2 aliphatic heterocycles. The van der Waals surface area contributed by atoms with E-state index in [-0.39, 0.29) is 35.4 Å². The Morgan fingerprint density at radius 3 is 2.35 bits per heavy atom. The summed E-state index contributed by atoms with van der Waals surface area (Å²) in [6, 6.07) is 0. The minimum atomic E-state index is -3.41. The van der Waals surface area contributed by atoms with Gasteiger partial charge >= 0.3 is 0 Å². The maximum Gasteiger partial charge on any atom is 0.214 e. The summed E-state index contributed by atoms with van der Waals surface area (Å²) in [6.45, 7) is 4.41. The topological polar surface area (TPSA) is 80.8 Å². The monoisotopic (exact) mass is 325 g/mol. The first kappa shape index (κ1) is 16.2. The van der Waals surface area contributed by atoms with E-state index in [4.69, 9.17) is 4.74 Å². The van der Waals surface area contributed by atoms with Crippen LogP contribution >= 0.6 is 0 Å². The third-order valence-corrected chi connectivity index (χ3v) is 7.65. The number of nitrogens with zero attached hydrogens (tertiary/aromatic N) is 1. The standard InChI is InChI=1S/C12H23NO5S2/c1-10-6-13(7-11(2)18-10)20(16,17)9-12-4-3-5-19(14,15)8-12/h10-12H,3-9H2,1-2H3/t10-,11-,12-/m1/s1. The van der Waals surface area contributed by atoms with E-state index in [1.807, 2.05) is 13.8 Å². The van der Waals surface area contributed by atoms with Gasteiger partial charge in [-0.3, -0.25) is 0 Å². The average Bonchev–Trinajstić information content (AvgIpc) is 2.25. The molecule has 2 fully saturated rings. The molecule has 0 aromatic heterocycles. The van der Waals surface area contributed by atoms with Crippen molar-refractivity contribution in [2.24, 2.45) is 5.92 Å². The van der Waals surface area contributed by atoms with Crippen LogP contribution in [-0.4, -0.2) is 63.7 Å². The molecule has 0 saturated carbocycles. The molecule has 0 amide bonds. The highest BCUT2D eigenvalue weighted by molar-refractivity contribution is 7.91. The summed E-state index contributed by atoms with van der Waals surface area (Å²) in [5.41, 5.74) is 0. The predicted octanol–water partition coefficient (Wildman–Crippen LogP) is 0.250. The summed E-state index contributed by atoms with van der Waals surface area (Å²) < 4.78 is 55.0. The van der Waals surface area contributed by atoms with Gasteiger partial charge in [0.25, 0.3) is 0 Å². The Balaban J connectivity index is 2.03. The summed E-state index contributed by atoms with van der Waals surface area (Å²) in [7, 11) is -6.47. The number of rotatable bonds is 3. The molecule has 0 unspecified atom stereocenters. The highest BCUT2D eigenvalue weighted by Crippen LogP contribution is 2.23. The molecule has 0 N–H and O–H groups in total. The van der Waals surface area contributed by atoms with E-state index in [2.05, 4.69) is 0 Å². The highest BCUT2D eigenvalue weighted by Gasteiger charge is 2.35. The molecule has 118 valence electrons. The third kappa shape index (κ3) is 4.16. The first-order chi connectivity index (χ1) is 9.18. The number of hydrogen-bond donors (Lipinski definition) is 0. The molecule has 0 bridgehead atoms. The van der Waals surface area contributed by atoms with Gasteiger partial charge in [0.2, 0.25) is 10.0 Å². The zero-order valence-electron chi connectivity index (χ0n) is 12.0. The Hall–Kier alpha value is -0.180. The summed E-state index contributed by atoms with van der Waals surface area (Å²) in [5, 5.41) is 0. The maximum absolute atomic E-state index is 12.4. The van der Waals surface area contributed by atoms with Gasteiger partial charge in [0.05, 0.1) is 29.5 Å². The number of sulfonamides is 1. The van der Waals surface area contributed by atoms with Crippen molar-refractivity contribution in [3.8, 4) is 0 Å². The van der Waals surface area contributed by atoms with Gasteiger partial charge in [-0.1, -0.05) is 0 Å². The highest BCUT2D eigenvalue weighted by atomic mass is 32.2. The zero-order valence-corrected chi connectivity index (χ0v) is 13.6. The van der Waals surface area contributed by atoms with Crippen LogP contribution in [0, 0.1) is 5.92 Å². The first-order valence-corrected chi connectivity index (χ1v) is 10.4. The van der Waals surface area contributed by atoms with Crippen molar-refractivity contribution in [2.45, 2.75) is 38.9 Å². The minimum absolute atomic E-state index is 0.00166. The van der Waals surface area contributed by atoms with E-state index in [1.54, 1.807) is 0 Å². The van der Waals surface area contributed by atoms with Gasteiger partial charge < -0.3 is 4.74 Å². The SMILES string of the molecule is C[C@@H]1CN(S(=O)(=O)C[C@@H]2CCCS(=O)(=O)C2)C[C@@H](C)O1. The molecule has 0 aromatic rings. The van der Waals surface area contributed by atoms with E-state index >= 15 is 0 Å². The summed E-state index contributed by atoms with van der Waals surface area (Å²) in [4.78, 5) is 0. The van der Waals surface area contributed by atoms with Crippen molar-refractivity contribution in [2.75, 3.05) is 30.3 Å². The molecule has 0 aliphatic carbocycles. The Morgan fingerprint density at radius 1 is 1.20 bits per heavy atom. The molecule has 8 heteroatoms. The lowest BCUT2D eigenvalue weighted by Crippen LogP contribution is -2.49. The van der Waals surface area contributed by atoms with Gasteiger partial charge in [0, 0.05) is 13.1 Å². The fourth-order valence-electron chi connectivity index (χ4n) is 3.01. The second-order valence-corrected chi connectivity index (χ2v) is 10.2. The van der Waals surface area contributed by atoms with Crippen LogP contribution < -0.4 is 0 Å². The molecule has 6 nitrogen and oxygen atoms in total. The van der Waals surface area contributed by atoms with Crippen molar-refractivity contribution >= 4 is 19.9 Å². The lowest BCUT2D eigenvalue weighted by atomic mass is 10.1. The number of hydrogen-bond acceptors (Lipinski definition) is 5. The lowest BCUT2D eigenvalue weighted by Gasteiger charge is -2.35. The van der Waals surface area contributed by atoms with Gasteiger partial charge in [-0.15, -0.1) is 0 Å². The van der Waals surface area contributed by atoms with Gasteiger partial charge in [-0.25, -0.2) is 16.8 Å². The van der Waals surface area contributed by atoms with E-state index < -0.39 is 19.9 Å². The Morgan fingerprint density at radius 2 is 1.80 bits per heavy atom. The van der Waals surface area contributed by atoms with Gasteiger partial charge in [-0.2, -0.15) is 4.31 Å². The molecular weight excluding hydrogens is 302 g/mol. The maximum atomic E-state index is 12.4. The fraction of sp³-hybridized carbons (Fsp3) is 1.00. The third-order valence-electron chi connectivity index (χ3n) is 3.78. The lowest BCUT2D eigenvalue weighted by molar-refractivity contribution is -0.0441. The molecule has 2 aliphatic rings. The van der Waals surface area contributed by atoms with Gasteiger partial charge in [0.15, 0.2) is 9.84 Å². The van der Waals surface area contributed by atoms with Crippen molar-refractivity contribution in [3.05, 3.63) is 0 Å². The second-order valence-electron chi connectivity index (χ2n) is 5.98. The number of morpholine rings is 1. The Bertz CT molecular complexity index is 532. The van der Waals surface area contributed by atoms with E-state index in [0.29, 0.717) is 25.9 Å². The van der Waals surface area contributed by atoms with Crippen LogP contribution in [-0.2, 0) is 24.6 Å². The van der Waals surface area contributed by atoms with Gasteiger partial charge in [0.1, 0.15) is 0 Å². The number of ether oxygens (including phenoxy) is 1. The largest absolute Gasteiger partial charge is 0.373 e. The van der Waals surface area contributed by atoms with Crippen molar-refractivity contribution in [3.63, 3.8) is 0 Å².